The van der Waals surface area contributed by atoms with Crippen LogP contribution in [0.4, 0.5) is 0 Å². The van der Waals surface area contributed by atoms with Gasteiger partial charge in [-0.3, -0.25) is 19.2 Å². The van der Waals surface area contributed by atoms with Gasteiger partial charge >= 0.3 is 5.97 Å². The van der Waals surface area contributed by atoms with Crippen molar-refractivity contribution in [2.45, 2.75) is 44.0 Å². The van der Waals surface area contributed by atoms with Crippen LogP contribution >= 0.6 is 0 Å². The monoisotopic (exact) mass is 453 g/mol. The molecule has 1 aromatic carbocycles. The maximum absolute atomic E-state index is 12.6. The van der Waals surface area contributed by atoms with Crippen molar-refractivity contribution in [2.75, 3.05) is 6.54 Å². The van der Waals surface area contributed by atoms with E-state index >= 15 is 0 Å². The largest absolute Gasteiger partial charge is 0.508 e. The number of carbonyl (C=O) groups is 5. The normalized spacial score (nSPS) is 14.3. The molecule has 0 saturated heterocycles. The summed E-state index contributed by atoms with van der Waals surface area (Å²) in [6, 6.07) is 1.73. The Balaban J connectivity index is 2.84. The van der Waals surface area contributed by atoms with E-state index in [1.807, 2.05) is 5.32 Å². The number of benzene rings is 1. The number of aliphatic hydroxyl groups is 1. The molecule has 1 aromatic rings. The van der Waals surface area contributed by atoms with E-state index in [-0.39, 0.29) is 12.2 Å². The number of hydrogen-bond donors (Lipinski definition) is 8. The molecular weight excluding hydrogens is 426 g/mol. The number of carboxylic acids is 1. The molecule has 0 aromatic heterocycles. The van der Waals surface area contributed by atoms with Crippen LogP contribution in [0.1, 0.15) is 18.9 Å². The van der Waals surface area contributed by atoms with Gasteiger partial charge in [-0.05, 0) is 24.6 Å². The first-order valence-corrected chi connectivity index (χ1v) is 9.50. The van der Waals surface area contributed by atoms with Gasteiger partial charge in [-0.1, -0.05) is 12.1 Å². The lowest BCUT2D eigenvalue weighted by Crippen LogP contribution is -2.56. The molecule has 4 unspecified atom stereocenters. The average molecular weight is 453 g/mol. The number of primary amides is 1. The third kappa shape index (κ3) is 8.97. The van der Waals surface area contributed by atoms with E-state index < -0.39 is 66.8 Å². The lowest BCUT2D eigenvalue weighted by Gasteiger charge is -2.22. The Labute approximate surface area is 183 Å². The Morgan fingerprint density at radius 2 is 1.59 bits per heavy atom. The molecule has 0 fully saturated rings. The molecule has 10 N–H and O–H groups in total. The fraction of sp³-hybridized carbons (Fsp3) is 0.421. The summed E-state index contributed by atoms with van der Waals surface area (Å²) in [5, 5.41) is 34.6. The predicted molar refractivity (Wildman–Crippen MR) is 110 cm³/mol. The van der Waals surface area contributed by atoms with Crippen molar-refractivity contribution in [3.05, 3.63) is 29.8 Å². The van der Waals surface area contributed by atoms with Crippen LogP contribution in [0.15, 0.2) is 24.3 Å². The Morgan fingerprint density at radius 1 is 1.00 bits per heavy atom. The van der Waals surface area contributed by atoms with Crippen molar-refractivity contribution in [2.24, 2.45) is 11.5 Å². The highest BCUT2D eigenvalue weighted by molar-refractivity contribution is 5.93. The number of carboxylic acid groups (broad SMARTS) is 1. The fourth-order valence-corrected chi connectivity index (χ4v) is 2.50. The second kappa shape index (κ2) is 12.2. The van der Waals surface area contributed by atoms with Crippen molar-refractivity contribution in [3.8, 4) is 5.75 Å². The quantitative estimate of drug-likeness (QED) is 0.158. The van der Waals surface area contributed by atoms with Gasteiger partial charge in [0, 0.05) is 6.42 Å². The predicted octanol–water partition coefficient (Wildman–Crippen LogP) is -3.31. The molecule has 0 aliphatic rings. The summed E-state index contributed by atoms with van der Waals surface area (Å²) in [7, 11) is 0. The number of aromatic hydroxyl groups is 1. The molecule has 4 atom stereocenters. The second-order valence-corrected chi connectivity index (χ2v) is 7.04. The zero-order valence-electron chi connectivity index (χ0n) is 17.3. The van der Waals surface area contributed by atoms with Gasteiger partial charge in [0.2, 0.25) is 23.6 Å². The molecule has 176 valence electrons. The van der Waals surface area contributed by atoms with Crippen molar-refractivity contribution < 1.29 is 39.3 Å². The van der Waals surface area contributed by atoms with Crippen LogP contribution in [0.5, 0.6) is 5.75 Å². The number of nitrogens with two attached hydrogens (primary N) is 2. The minimum atomic E-state index is -1.56. The van der Waals surface area contributed by atoms with Gasteiger partial charge in [-0.15, -0.1) is 0 Å². The number of nitrogens with one attached hydrogen (secondary N) is 3. The van der Waals surface area contributed by atoms with Gasteiger partial charge in [0.15, 0.2) is 0 Å². The first-order valence-electron chi connectivity index (χ1n) is 9.50. The smallest absolute Gasteiger partial charge is 0.326 e. The second-order valence-electron chi connectivity index (χ2n) is 7.04. The van der Waals surface area contributed by atoms with E-state index in [1.54, 1.807) is 0 Å². The summed E-state index contributed by atoms with van der Waals surface area (Å²) in [5.41, 5.74) is 11.1. The van der Waals surface area contributed by atoms with Crippen LogP contribution in [0.2, 0.25) is 0 Å². The maximum atomic E-state index is 12.6. The molecule has 0 radical (unpaired) electrons. The van der Waals surface area contributed by atoms with Crippen LogP contribution in [-0.2, 0) is 30.4 Å². The molecule has 0 aliphatic carbocycles. The van der Waals surface area contributed by atoms with Crippen molar-refractivity contribution in [1.82, 2.24) is 16.0 Å². The van der Waals surface area contributed by atoms with Crippen molar-refractivity contribution in [1.29, 1.82) is 0 Å². The third-order valence-electron chi connectivity index (χ3n) is 4.29. The molecule has 0 saturated carbocycles. The van der Waals surface area contributed by atoms with Crippen LogP contribution in [0.3, 0.4) is 0 Å². The number of aliphatic carboxylic acids is 1. The number of hydrogen-bond acceptors (Lipinski definition) is 8. The molecule has 4 amide bonds. The molecule has 0 spiro atoms. The van der Waals surface area contributed by atoms with E-state index in [2.05, 4.69) is 10.6 Å². The molecule has 32 heavy (non-hydrogen) atoms. The van der Waals surface area contributed by atoms with E-state index in [4.69, 9.17) is 16.6 Å². The van der Waals surface area contributed by atoms with Crippen LogP contribution in [-0.4, -0.2) is 75.7 Å². The third-order valence-corrected chi connectivity index (χ3v) is 4.29. The molecule has 0 bridgehead atoms. The summed E-state index contributed by atoms with van der Waals surface area (Å²) in [5.74, 6) is -4.92. The van der Waals surface area contributed by atoms with E-state index in [1.165, 1.54) is 31.2 Å². The Morgan fingerprint density at radius 3 is 2.09 bits per heavy atom. The number of carbonyl (C=O) groups excluding carboxylic acids is 4. The summed E-state index contributed by atoms with van der Waals surface area (Å²) in [6.07, 6.45) is -1.85. The average Bonchev–Trinajstić information content (AvgIpc) is 2.71. The van der Waals surface area contributed by atoms with Gasteiger partial charge in [0.05, 0.1) is 19.1 Å². The molecular formula is C19H27N5O8. The van der Waals surface area contributed by atoms with Gasteiger partial charge in [-0.25, -0.2) is 4.79 Å². The van der Waals surface area contributed by atoms with Crippen molar-refractivity contribution >= 4 is 29.6 Å². The minimum absolute atomic E-state index is 0.00414. The van der Waals surface area contributed by atoms with Crippen LogP contribution in [0.25, 0.3) is 0 Å². The van der Waals surface area contributed by atoms with E-state index in [0.717, 1.165) is 0 Å². The first kappa shape index (κ1) is 26.3. The van der Waals surface area contributed by atoms with Gasteiger partial charge in [0.1, 0.15) is 23.9 Å². The number of phenols is 1. The summed E-state index contributed by atoms with van der Waals surface area (Å²) < 4.78 is 0. The number of rotatable bonds is 12. The summed E-state index contributed by atoms with van der Waals surface area (Å²) >= 11 is 0. The molecule has 0 aliphatic heterocycles. The number of aliphatic hydroxyl groups excluding tert-OH is 1. The topological polar surface area (TPSA) is 234 Å². The zero-order valence-corrected chi connectivity index (χ0v) is 17.3. The Hall–Kier alpha value is -3.71. The first-order chi connectivity index (χ1) is 14.9. The summed E-state index contributed by atoms with van der Waals surface area (Å²) in [6.45, 7) is 0.653. The van der Waals surface area contributed by atoms with Gasteiger partial charge in [-0.2, -0.15) is 0 Å². The van der Waals surface area contributed by atoms with Gasteiger partial charge in [0.25, 0.3) is 0 Å². The highest BCUT2D eigenvalue weighted by Gasteiger charge is 2.27. The number of phenolic OH excluding ortho intramolecular Hbond substituents is 1. The molecule has 13 heteroatoms. The van der Waals surface area contributed by atoms with E-state index in [9.17, 15) is 34.2 Å². The highest BCUT2D eigenvalue weighted by Crippen LogP contribution is 2.11. The SMILES string of the molecule is CC(O)C(N)C(=O)NC(Cc1ccc(O)cc1)C(=O)NCC(=O)NC(CC(N)=O)C(=O)O. The lowest BCUT2D eigenvalue weighted by molar-refractivity contribution is -0.143. The van der Waals surface area contributed by atoms with Gasteiger partial charge < -0.3 is 42.7 Å². The highest BCUT2D eigenvalue weighted by atomic mass is 16.4. The lowest BCUT2D eigenvalue weighted by atomic mass is 10.0. The zero-order chi connectivity index (χ0) is 24.4. The van der Waals surface area contributed by atoms with Crippen LogP contribution < -0.4 is 27.4 Å². The Kier molecular flexibility index (Phi) is 10.1. The van der Waals surface area contributed by atoms with Crippen LogP contribution in [0, 0.1) is 0 Å². The maximum Gasteiger partial charge on any atom is 0.326 e. The number of amides is 4. The molecule has 0 heterocycles. The van der Waals surface area contributed by atoms with E-state index in [0.29, 0.717) is 5.56 Å². The standard InChI is InChI=1S/C19H27N5O8/c1-9(25)16(21)18(30)24-12(6-10-2-4-11(26)5-3-10)17(29)22-8-15(28)23-13(19(31)32)7-14(20)27/h2-5,9,12-13,16,25-26H,6-8,21H2,1H3,(H2,20,27)(H,22,29)(H,23,28)(H,24,30)(H,31,32). The summed E-state index contributed by atoms with van der Waals surface area (Å²) in [4.78, 5) is 58.8. The Bertz CT molecular complexity index is 843. The molecule has 1 rings (SSSR count). The molecule has 13 nitrogen and oxygen atoms in total. The minimum Gasteiger partial charge on any atom is -0.508 e. The van der Waals surface area contributed by atoms with Crippen molar-refractivity contribution in [3.63, 3.8) is 0 Å². The fourth-order valence-electron chi connectivity index (χ4n) is 2.50.